The number of H-pyrrole nitrogens is 2. The third-order valence-electron chi connectivity index (χ3n) is 4.03. The van der Waals surface area contributed by atoms with Crippen LogP contribution in [-0.2, 0) is 23.1 Å². The first kappa shape index (κ1) is 14.2. The Kier molecular flexibility index (Phi) is 2.93. The molecule has 0 fully saturated rings. The van der Waals surface area contributed by atoms with Gasteiger partial charge in [0, 0.05) is 13.1 Å². The number of sulfonamides is 1. The Morgan fingerprint density at radius 3 is 2.74 bits per heavy atom. The van der Waals surface area contributed by atoms with Crippen LogP contribution in [0.1, 0.15) is 11.6 Å². The van der Waals surface area contributed by atoms with E-state index in [1.807, 2.05) is 11.5 Å². The SMILES string of the molecule is Cc1nnc2n1CCN(S(=O)(=O)c1ccc3[nH]c(=O)[nH]c3c1)C2. The van der Waals surface area contributed by atoms with Gasteiger partial charge in [-0.1, -0.05) is 0 Å². The van der Waals surface area contributed by atoms with Crippen molar-refractivity contribution in [2.75, 3.05) is 6.54 Å². The van der Waals surface area contributed by atoms with Crippen LogP contribution in [0.5, 0.6) is 0 Å². The predicted molar refractivity (Wildman–Crippen MR) is 81.3 cm³/mol. The van der Waals surface area contributed by atoms with Gasteiger partial charge in [-0.3, -0.25) is 0 Å². The molecule has 0 aliphatic carbocycles. The highest BCUT2D eigenvalue weighted by atomic mass is 32.2. The largest absolute Gasteiger partial charge is 0.323 e. The van der Waals surface area contributed by atoms with Gasteiger partial charge in [0.15, 0.2) is 0 Å². The number of nitrogens with one attached hydrogen (secondary N) is 2. The number of hydrogen-bond acceptors (Lipinski definition) is 5. The van der Waals surface area contributed by atoms with Gasteiger partial charge >= 0.3 is 5.69 Å². The van der Waals surface area contributed by atoms with Gasteiger partial charge in [0.2, 0.25) is 10.0 Å². The Morgan fingerprint density at radius 1 is 1.13 bits per heavy atom. The molecule has 1 aliphatic rings. The number of aryl methyl sites for hydroxylation is 1. The Morgan fingerprint density at radius 2 is 1.91 bits per heavy atom. The number of hydrogen-bond donors (Lipinski definition) is 2. The van der Waals surface area contributed by atoms with Crippen molar-refractivity contribution in [1.29, 1.82) is 0 Å². The van der Waals surface area contributed by atoms with Crippen LogP contribution in [-0.4, -0.2) is 44.0 Å². The van der Waals surface area contributed by atoms with Crippen molar-refractivity contribution < 1.29 is 8.42 Å². The molecule has 3 heterocycles. The molecule has 0 saturated heterocycles. The molecule has 10 heteroatoms. The zero-order valence-corrected chi connectivity index (χ0v) is 13.1. The minimum atomic E-state index is -3.66. The molecule has 3 aromatic rings. The number of aromatic nitrogens is 5. The van der Waals surface area contributed by atoms with E-state index in [1.165, 1.54) is 16.4 Å². The first-order chi connectivity index (χ1) is 10.9. The minimum Gasteiger partial charge on any atom is -0.313 e. The van der Waals surface area contributed by atoms with E-state index in [2.05, 4.69) is 20.2 Å². The van der Waals surface area contributed by atoms with E-state index in [1.54, 1.807) is 6.07 Å². The van der Waals surface area contributed by atoms with Gasteiger partial charge in [0.25, 0.3) is 0 Å². The second kappa shape index (κ2) is 4.77. The molecule has 0 radical (unpaired) electrons. The van der Waals surface area contributed by atoms with Gasteiger partial charge in [-0.05, 0) is 25.1 Å². The van der Waals surface area contributed by atoms with E-state index in [0.29, 0.717) is 29.9 Å². The average Bonchev–Trinajstić information content (AvgIpc) is 3.08. The Bertz CT molecular complexity index is 1060. The molecule has 4 rings (SSSR count). The summed E-state index contributed by atoms with van der Waals surface area (Å²) in [6.07, 6.45) is 0. The summed E-state index contributed by atoms with van der Waals surface area (Å²) >= 11 is 0. The third kappa shape index (κ3) is 2.18. The number of imidazole rings is 1. The van der Waals surface area contributed by atoms with Crippen LogP contribution < -0.4 is 5.69 Å². The van der Waals surface area contributed by atoms with Crippen LogP contribution in [0.15, 0.2) is 27.9 Å². The molecule has 0 atom stereocenters. The summed E-state index contributed by atoms with van der Waals surface area (Å²) in [7, 11) is -3.66. The van der Waals surface area contributed by atoms with Crippen molar-refractivity contribution in [3.63, 3.8) is 0 Å². The second-order valence-electron chi connectivity index (χ2n) is 5.44. The molecule has 23 heavy (non-hydrogen) atoms. The summed E-state index contributed by atoms with van der Waals surface area (Å²) in [6, 6.07) is 4.54. The minimum absolute atomic E-state index is 0.143. The number of rotatable bonds is 2. The maximum absolute atomic E-state index is 12.8. The topological polar surface area (TPSA) is 117 Å². The zero-order chi connectivity index (χ0) is 16.2. The molecule has 2 aromatic heterocycles. The lowest BCUT2D eigenvalue weighted by Crippen LogP contribution is -2.38. The average molecular weight is 334 g/mol. The molecule has 9 nitrogen and oxygen atoms in total. The van der Waals surface area contributed by atoms with E-state index in [4.69, 9.17) is 0 Å². The van der Waals surface area contributed by atoms with E-state index >= 15 is 0 Å². The fourth-order valence-electron chi connectivity index (χ4n) is 2.81. The monoisotopic (exact) mass is 334 g/mol. The highest BCUT2D eigenvalue weighted by Gasteiger charge is 2.30. The van der Waals surface area contributed by atoms with Crippen LogP contribution >= 0.6 is 0 Å². The van der Waals surface area contributed by atoms with Crippen molar-refractivity contribution in [3.05, 3.63) is 40.3 Å². The third-order valence-corrected chi connectivity index (χ3v) is 5.87. The standard InChI is InChI=1S/C13H14N6O3S/c1-8-16-17-12-7-18(4-5-19(8)12)23(21,22)9-2-3-10-11(6-9)15-13(20)14-10/h2-3,6H,4-5,7H2,1H3,(H2,14,15,20). The molecule has 2 N–H and O–H groups in total. The Labute approximate surface area is 131 Å². The van der Waals surface area contributed by atoms with Gasteiger partial charge < -0.3 is 14.5 Å². The van der Waals surface area contributed by atoms with Crippen LogP contribution in [0.2, 0.25) is 0 Å². The smallest absolute Gasteiger partial charge is 0.313 e. The highest BCUT2D eigenvalue weighted by molar-refractivity contribution is 7.89. The molecular weight excluding hydrogens is 320 g/mol. The molecule has 0 unspecified atom stereocenters. The molecule has 0 spiro atoms. The summed E-state index contributed by atoms with van der Waals surface area (Å²) in [5.41, 5.74) is 0.672. The Balaban J connectivity index is 1.73. The highest BCUT2D eigenvalue weighted by Crippen LogP contribution is 2.23. The lowest BCUT2D eigenvalue weighted by atomic mass is 10.3. The fraction of sp³-hybridized carbons (Fsp3) is 0.308. The molecule has 120 valence electrons. The van der Waals surface area contributed by atoms with Crippen LogP contribution in [0.25, 0.3) is 11.0 Å². The van der Waals surface area contributed by atoms with Crippen molar-refractivity contribution in [1.82, 2.24) is 29.0 Å². The molecular formula is C13H14N6O3S. The van der Waals surface area contributed by atoms with Crippen molar-refractivity contribution >= 4 is 21.1 Å². The summed E-state index contributed by atoms with van der Waals surface area (Å²) in [4.78, 5) is 16.6. The van der Waals surface area contributed by atoms with Crippen LogP contribution in [0.3, 0.4) is 0 Å². The van der Waals surface area contributed by atoms with Gasteiger partial charge in [-0.25, -0.2) is 13.2 Å². The first-order valence-corrected chi connectivity index (χ1v) is 8.50. The summed E-state index contributed by atoms with van der Waals surface area (Å²) < 4.78 is 28.9. The van der Waals surface area contributed by atoms with Gasteiger partial charge in [-0.2, -0.15) is 4.31 Å². The van der Waals surface area contributed by atoms with Crippen molar-refractivity contribution in [3.8, 4) is 0 Å². The summed E-state index contributed by atoms with van der Waals surface area (Å²) in [5, 5.41) is 8.00. The Hall–Kier alpha value is -2.46. The number of fused-ring (bicyclic) bond motifs is 2. The van der Waals surface area contributed by atoms with E-state index in [9.17, 15) is 13.2 Å². The number of benzene rings is 1. The van der Waals surface area contributed by atoms with Crippen LogP contribution in [0.4, 0.5) is 0 Å². The molecule has 1 aliphatic heterocycles. The quantitative estimate of drug-likeness (QED) is 0.682. The summed E-state index contributed by atoms with van der Waals surface area (Å²) in [6.45, 7) is 2.91. The number of aromatic amines is 2. The summed E-state index contributed by atoms with van der Waals surface area (Å²) in [5.74, 6) is 1.41. The molecule has 0 amide bonds. The lowest BCUT2D eigenvalue weighted by molar-refractivity contribution is 0.333. The lowest BCUT2D eigenvalue weighted by Gasteiger charge is -2.26. The number of nitrogens with zero attached hydrogens (tertiary/aromatic N) is 4. The molecule has 0 saturated carbocycles. The zero-order valence-electron chi connectivity index (χ0n) is 12.3. The van der Waals surface area contributed by atoms with Gasteiger partial charge in [0.05, 0.1) is 22.5 Å². The molecule has 1 aromatic carbocycles. The maximum atomic E-state index is 12.8. The van der Waals surface area contributed by atoms with E-state index < -0.39 is 10.0 Å². The van der Waals surface area contributed by atoms with Crippen LogP contribution in [0, 0.1) is 6.92 Å². The fourth-order valence-corrected chi connectivity index (χ4v) is 4.22. The first-order valence-electron chi connectivity index (χ1n) is 7.06. The predicted octanol–water partition coefficient (Wildman–Crippen LogP) is -0.0394. The van der Waals surface area contributed by atoms with Gasteiger partial charge in [-0.15, -0.1) is 10.2 Å². The molecule has 0 bridgehead atoms. The normalized spacial score (nSPS) is 15.9. The maximum Gasteiger partial charge on any atom is 0.323 e. The van der Waals surface area contributed by atoms with Crippen molar-refractivity contribution in [2.45, 2.75) is 24.9 Å². The van der Waals surface area contributed by atoms with E-state index in [0.717, 1.165) is 5.82 Å². The second-order valence-corrected chi connectivity index (χ2v) is 7.38. The van der Waals surface area contributed by atoms with Gasteiger partial charge in [0.1, 0.15) is 11.6 Å². The van der Waals surface area contributed by atoms with E-state index in [-0.39, 0.29) is 17.1 Å². The van der Waals surface area contributed by atoms with Crippen molar-refractivity contribution in [2.24, 2.45) is 0 Å².